The van der Waals surface area contributed by atoms with E-state index >= 15 is 0 Å². The first kappa shape index (κ1) is 18.1. The summed E-state index contributed by atoms with van der Waals surface area (Å²) in [5, 5.41) is 11.3. The van der Waals surface area contributed by atoms with E-state index in [1.54, 1.807) is 36.4 Å². The molecule has 0 aliphatic carbocycles. The number of Topliss-reactive ketones (excluding diaryl/α,β-unsaturated/α-hetero) is 1. The van der Waals surface area contributed by atoms with Crippen LogP contribution in [0, 0.1) is 0 Å². The van der Waals surface area contributed by atoms with Gasteiger partial charge in [-0.1, -0.05) is 23.7 Å². The van der Waals surface area contributed by atoms with E-state index < -0.39 is 17.7 Å². The largest absolute Gasteiger partial charge is 0.507 e. The highest BCUT2D eigenvalue weighted by Crippen LogP contribution is 2.39. The van der Waals surface area contributed by atoms with Crippen molar-refractivity contribution in [3.05, 3.63) is 70.5 Å². The molecule has 0 radical (unpaired) electrons. The first-order valence-corrected chi connectivity index (χ1v) is 8.35. The van der Waals surface area contributed by atoms with Crippen molar-refractivity contribution >= 4 is 29.1 Å². The number of aromatic nitrogens is 1. The van der Waals surface area contributed by atoms with E-state index in [0.717, 1.165) is 0 Å². The molecule has 1 aromatic carbocycles. The fourth-order valence-electron chi connectivity index (χ4n) is 2.96. The number of rotatable bonds is 5. The van der Waals surface area contributed by atoms with Crippen molar-refractivity contribution in [2.45, 2.75) is 6.04 Å². The van der Waals surface area contributed by atoms with Gasteiger partial charge in [0, 0.05) is 36.6 Å². The second-order valence-corrected chi connectivity index (χ2v) is 6.21. The summed E-state index contributed by atoms with van der Waals surface area (Å²) in [4.78, 5) is 30.5. The zero-order chi connectivity index (χ0) is 18.7. The normalized spacial score (nSPS) is 19.2. The van der Waals surface area contributed by atoms with Crippen molar-refractivity contribution < 1.29 is 19.4 Å². The van der Waals surface area contributed by atoms with Gasteiger partial charge in [0.1, 0.15) is 5.76 Å². The molecular weight excluding hydrogens is 356 g/mol. The average molecular weight is 373 g/mol. The van der Waals surface area contributed by atoms with Crippen molar-refractivity contribution in [2.24, 2.45) is 0 Å². The minimum atomic E-state index is -0.727. The second-order valence-electron chi connectivity index (χ2n) is 5.77. The maximum Gasteiger partial charge on any atom is 0.295 e. The highest BCUT2D eigenvalue weighted by molar-refractivity contribution is 6.46. The molecular formula is C19H17ClN2O4. The Morgan fingerprint density at radius 2 is 1.85 bits per heavy atom. The lowest BCUT2D eigenvalue weighted by atomic mass is 9.95. The van der Waals surface area contributed by atoms with E-state index in [9.17, 15) is 14.7 Å². The Kier molecular flexibility index (Phi) is 5.35. The first-order chi connectivity index (χ1) is 12.5. The number of carbonyl (C=O) groups is 2. The van der Waals surface area contributed by atoms with Gasteiger partial charge >= 0.3 is 0 Å². The van der Waals surface area contributed by atoms with Crippen LogP contribution in [0.15, 0.2) is 54.4 Å². The third-order valence-corrected chi connectivity index (χ3v) is 4.47. The number of likely N-dealkylation sites (tertiary alicyclic amines) is 1. The molecule has 0 bridgehead atoms. The number of nitrogens with zero attached hydrogens (tertiary/aromatic N) is 2. The summed E-state index contributed by atoms with van der Waals surface area (Å²) in [6.45, 7) is 0.494. The molecule has 1 amide bonds. The van der Waals surface area contributed by atoms with Crippen molar-refractivity contribution in [3.63, 3.8) is 0 Å². The number of methoxy groups -OCH3 is 1. The second kappa shape index (κ2) is 7.68. The number of ketones is 1. The van der Waals surface area contributed by atoms with Gasteiger partial charge in [0.05, 0.1) is 18.2 Å². The van der Waals surface area contributed by atoms with Crippen LogP contribution in [-0.4, -0.2) is 46.9 Å². The average Bonchev–Trinajstić information content (AvgIpc) is 2.91. The maximum absolute atomic E-state index is 12.7. The summed E-state index contributed by atoms with van der Waals surface area (Å²) >= 11 is 5.95. The predicted molar refractivity (Wildman–Crippen MR) is 96.6 cm³/mol. The monoisotopic (exact) mass is 372 g/mol. The third kappa shape index (κ3) is 3.34. The van der Waals surface area contributed by atoms with E-state index in [4.69, 9.17) is 16.3 Å². The molecule has 1 N–H and O–H groups in total. The van der Waals surface area contributed by atoms with Crippen LogP contribution in [0.3, 0.4) is 0 Å². The Morgan fingerprint density at radius 1 is 1.19 bits per heavy atom. The summed E-state index contributed by atoms with van der Waals surface area (Å²) < 4.78 is 5.06. The lowest BCUT2D eigenvalue weighted by Gasteiger charge is -2.25. The van der Waals surface area contributed by atoms with Gasteiger partial charge in [-0.25, -0.2) is 0 Å². The number of aliphatic hydroxyl groups is 1. The van der Waals surface area contributed by atoms with Crippen molar-refractivity contribution in [2.75, 3.05) is 20.3 Å². The molecule has 2 aromatic rings. The molecule has 3 rings (SSSR count). The van der Waals surface area contributed by atoms with E-state index in [2.05, 4.69) is 4.98 Å². The number of hydrogen-bond acceptors (Lipinski definition) is 5. The molecule has 1 atom stereocenters. The van der Waals surface area contributed by atoms with E-state index in [1.807, 2.05) is 0 Å². The van der Waals surface area contributed by atoms with Gasteiger partial charge in [-0.05, 0) is 29.8 Å². The van der Waals surface area contributed by atoms with Crippen molar-refractivity contribution in [3.8, 4) is 0 Å². The van der Waals surface area contributed by atoms with Crippen LogP contribution < -0.4 is 0 Å². The number of carbonyl (C=O) groups excluding carboxylic acids is 2. The number of aliphatic hydroxyl groups excluding tert-OH is 1. The molecule has 1 aromatic heterocycles. The molecule has 0 spiro atoms. The molecule has 7 heteroatoms. The molecule has 1 aliphatic rings. The number of benzene rings is 1. The Hall–Kier alpha value is -2.70. The Balaban J connectivity index is 2.15. The predicted octanol–water partition coefficient (Wildman–Crippen LogP) is 2.80. The topological polar surface area (TPSA) is 79.7 Å². The van der Waals surface area contributed by atoms with Crippen LogP contribution in [0.1, 0.15) is 17.2 Å². The number of ether oxygens (including phenoxy) is 1. The zero-order valence-corrected chi connectivity index (χ0v) is 14.8. The number of pyridine rings is 1. The smallest absolute Gasteiger partial charge is 0.295 e. The molecule has 0 saturated carbocycles. The van der Waals surface area contributed by atoms with Crippen LogP contribution in [0.2, 0.25) is 5.02 Å². The van der Waals surface area contributed by atoms with Gasteiger partial charge in [0.2, 0.25) is 0 Å². The number of amides is 1. The summed E-state index contributed by atoms with van der Waals surface area (Å²) in [6, 6.07) is 9.28. The molecule has 1 aliphatic heterocycles. The molecule has 1 unspecified atom stereocenters. The summed E-state index contributed by atoms with van der Waals surface area (Å²) in [7, 11) is 1.52. The van der Waals surface area contributed by atoms with Crippen LogP contribution in [-0.2, 0) is 14.3 Å². The van der Waals surface area contributed by atoms with Crippen molar-refractivity contribution in [1.29, 1.82) is 0 Å². The van der Waals surface area contributed by atoms with Gasteiger partial charge in [-0.2, -0.15) is 0 Å². The fraction of sp³-hybridized carbons (Fsp3) is 0.211. The van der Waals surface area contributed by atoms with E-state index in [-0.39, 0.29) is 24.5 Å². The third-order valence-electron chi connectivity index (χ3n) is 4.22. The van der Waals surface area contributed by atoms with Gasteiger partial charge in [0.15, 0.2) is 0 Å². The summed E-state index contributed by atoms with van der Waals surface area (Å²) in [5.41, 5.74) is 1.14. The molecule has 26 heavy (non-hydrogen) atoms. The highest BCUT2D eigenvalue weighted by atomic mass is 35.5. The lowest BCUT2D eigenvalue weighted by Crippen LogP contribution is -2.32. The quantitative estimate of drug-likeness (QED) is 0.496. The van der Waals surface area contributed by atoms with E-state index in [0.29, 0.717) is 16.1 Å². The minimum absolute atomic E-state index is 0.0413. The van der Waals surface area contributed by atoms with Gasteiger partial charge in [0.25, 0.3) is 11.7 Å². The first-order valence-electron chi connectivity index (χ1n) is 7.97. The lowest BCUT2D eigenvalue weighted by molar-refractivity contribution is -0.140. The van der Waals surface area contributed by atoms with Crippen LogP contribution in [0.25, 0.3) is 5.76 Å². The summed E-state index contributed by atoms with van der Waals surface area (Å²) in [6.07, 6.45) is 3.01. The van der Waals surface area contributed by atoms with Crippen LogP contribution in [0.5, 0.6) is 0 Å². The van der Waals surface area contributed by atoms with Crippen LogP contribution >= 0.6 is 11.6 Å². The molecule has 1 saturated heterocycles. The molecule has 1 fully saturated rings. The molecule has 134 valence electrons. The SMILES string of the molecule is COCCN1C(=O)C(=O)/C(=C(\O)c2ccncc2)C1c1ccc(Cl)cc1. The van der Waals surface area contributed by atoms with E-state index in [1.165, 1.54) is 24.4 Å². The summed E-state index contributed by atoms with van der Waals surface area (Å²) in [5.74, 6) is -1.63. The molecule has 6 nitrogen and oxygen atoms in total. The van der Waals surface area contributed by atoms with Gasteiger partial charge in [-0.3, -0.25) is 14.6 Å². The van der Waals surface area contributed by atoms with Gasteiger partial charge in [-0.15, -0.1) is 0 Å². The van der Waals surface area contributed by atoms with Gasteiger partial charge < -0.3 is 14.7 Å². The molecule has 2 heterocycles. The number of halogens is 1. The fourth-order valence-corrected chi connectivity index (χ4v) is 3.08. The standard InChI is InChI=1S/C19H17ClN2O4/c1-26-11-10-22-16(12-2-4-14(20)5-3-12)15(18(24)19(22)25)17(23)13-6-8-21-9-7-13/h2-9,16,23H,10-11H2,1H3/b17-15-. The maximum atomic E-state index is 12.7. The van der Waals surface area contributed by atoms with Crippen molar-refractivity contribution in [1.82, 2.24) is 9.88 Å². The highest BCUT2D eigenvalue weighted by Gasteiger charge is 2.45. The number of hydrogen-bond donors (Lipinski definition) is 1. The zero-order valence-electron chi connectivity index (χ0n) is 14.1. The van der Waals surface area contributed by atoms with Crippen LogP contribution in [0.4, 0.5) is 0 Å². The Morgan fingerprint density at radius 3 is 2.46 bits per heavy atom. The minimum Gasteiger partial charge on any atom is -0.507 e. The Bertz CT molecular complexity index is 850. The Labute approximate surface area is 155 Å².